The van der Waals surface area contributed by atoms with E-state index in [-0.39, 0.29) is 0 Å². The summed E-state index contributed by atoms with van der Waals surface area (Å²) in [5.74, 6) is 0. The van der Waals surface area contributed by atoms with Crippen molar-refractivity contribution in [2.24, 2.45) is 15.9 Å². The van der Waals surface area contributed by atoms with Crippen LogP contribution in [0, 0.1) is 0 Å². The zero-order valence-corrected chi connectivity index (χ0v) is 10.3. The zero-order valence-electron chi connectivity index (χ0n) is 7.95. The molecule has 0 fully saturated rings. The number of nitrogens with two attached hydrogens (primary N) is 1. The summed E-state index contributed by atoms with van der Waals surface area (Å²) in [6.45, 7) is 0. The fraction of sp³-hybridized carbons (Fsp3) is 0.111. The van der Waals surface area contributed by atoms with Crippen LogP contribution in [0.5, 0.6) is 0 Å². The maximum absolute atomic E-state index is 5.93. The van der Waals surface area contributed by atoms with Gasteiger partial charge in [0.25, 0.3) is 0 Å². The minimum Gasteiger partial charge on any atom is -0.377 e. The molecule has 6 heteroatoms. The Kier molecular flexibility index (Phi) is 4.94. The third-order valence-corrected chi connectivity index (χ3v) is 2.88. The third kappa shape index (κ3) is 3.74. The fourth-order valence-electron chi connectivity index (χ4n) is 0.809. The normalized spacial score (nSPS) is 12.3. The lowest BCUT2D eigenvalue weighted by Crippen LogP contribution is -2.03. The van der Waals surface area contributed by atoms with Crippen LogP contribution in [0.3, 0.4) is 0 Å². The first-order valence-corrected chi connectivity index (χ1v) is 5.97. The van der Waals surface area contributed by atoms with E-state index in [4.69, 9.17) is 28.9 Å². The molecule has 2 N–H and O–H groups in total. The molecule has 3 nitrogen and oxygen atoms in total. The van der Waals surface area contributed by atoms with E-state index in [0.29, 0.717) is 20.8 Å². The first-order chi connectivity index (χ1) is 7.15. The van der Waals surface area contributed by atoms with E-state index in [0.717, 1.165) is 0 Å². The molecule has 0 spiro atoms. The van der Waals surface area contributed by atoms with Crippen LogP contribution >= 0.6 is 35.0 Å². The van der Waals surface area contributed by atoms with Crippen LogP contribution in [0.1, 0.15) is 5.56 Å². The summed E-state index contributed by atoms with van der Waals surface area (Å²) in [5, 5.41) is 8.86. The van der Waals surface area contributed by atoms with Crippen LogP contribution in [0.15, 0.2) is 28.4 Å². The molecule has 0 atom stereocenters. The van der Waals surface area contributed by atoms with E-state index in [1.165, 1.54) is 18.0 Å². The number of rotatable bonds is 2. The van der Waals surface area contributed by atoms with Gasteiger partial charge in [-0.2, -0.15) is 5.10 Å². The van der Waals surface area contributed by atoms with Crippen LogP contribution in [0.25, 0.3) is 0 Å². The minimum absolute atomic E-state index is 0.393. The van der Waals surface area contributed by atoms with E-state index < -0.39 is 0 Å². The Hall–Kier alpha value is -0.710. The van der Waals surface area contributed by atoms with Crippen molar-refractivity contribution in [3.05, 3.63) is 33.8 Å². The molecule has 1 aromatic carbocycles. The van der Waals surface area contributed by atoms with E-state index in [2.05, 4.69) is 10.2 Å². The van der Waals surface area contributed by atoms with Gasteiger partial charge in [0, 0.05) is 5.56 Å². The number of hydrogen-bond donors (Lipinski definition) is 1. The third-order valence-electron chi connectivity index (χ3n) is 1.54. The maximum Gasteiger partial charge on any atom is 0.180 e. The highest BCUT2D eigenvalue weighted by atomic mass is 35.5. The van der Waals surface area contributed by atoms with Crippen LogP contribution in [0.4, 0.5) is 0 Å². The molecule has 0 bridgehead atoms. The highest BCUT2D eigenvalue weighted by molar-refractivity contribution is 8.13. The largest absolute Gasteiger partial charge is 0.377 e. The van der Waals surface area contributed by atoms with Crippen LogP contribution < -0.4 is 5.73 Å². The van der Waals surface area contributed by atoms with Crippen LogP contribution in [-0.2, 0) is 0 Å². The summed E-state index contributed by atoms with van der Waals surface area (Å²) in [6, 6.07) is 5.29. The lowest BCUT2D eigenvalue weighted by Gasteiger charge is -1.98. The average Bonchev–Trinajstić information content (AvgIpc) is 2.24. The smallest absolute Gasteiger partial charge is 0.180 e. The van der Waals surface area contributed by atoms with Gasteiger partial charge < -0.3 is 5.73 Å². The molecule has 0 unspecified atom stereocenters. The Labute approximate surface area is 102 Å². The number of amidine groups is 1. The predicted molar refractivity (Wildman–Crippen MR) is 69.2 cm³/mol. The summed E-state index contributed by atoms with van der Waals surface area (Å²) in [6.07, 6.45) is 3.33. The van der Waals surface area contributed by atoms with Crippen LogP contribution in [0.2, 0.25) is 10.0 Å². The Morgan fingerprint density at radius 2 is 2.20 bits per heavy atom. The zero-order chi connectivity index (χ0) is 11.3. The summed E-state index contributed by atoms with van der Waals surface area (Å²) < 4.78 is 0. The topological polar surface area (TPSA) is 50.7 Å². The van der Waals surface area contributed by atoms with Crippen molar-refractivity contribution in [3.63, 3.8) is 0 Å². The van der Waals surface area contributed by atoms with E-state index in [1.807, 2.05) is 6.26 Å². The lowest BCUT2D eigenvalue weighted by atomic mass is 10.2. The van der Waals surface area contributed by atoms with Gasteiger partial charge in [0.2, 0.25) is 0 Å². The Morgan fingerprint density at radius 3 is 2.87 bits per heavy atom. The molecule has 15 heavy (non-hydrogen) atoms. The Bertz CT molecular complexity index is 404. The minimum atomic E-state index is 0.393. The molecule has 1 rings (SSSR count). The second kappa shape index (κ2) is 6.00. The molecule has 0 saturated carbocycles. The number of halogens is 2. The molecule has 0 aliphatic rings. The SMILES string of the molecule is CS/C(N)=N/N=C\c1cccc(Cl)c1Cl. The van der Waals surface area contributed by atoms with Gasteiger partial charge in [0.15, 0.2) is 5.17 Å². The lowest BCUT2D eigenvalue weighted by molar-refractivity contribution is 1.25. The number of benzene rings is 1. The van der Waals surface area contributed by atoms with Gasteiger partial charge in [0.05, 0.1) is 16.3 Å². The van der Waals surface area contributed by atoms with E-state index >= 15 is 0 Å². The molecular formula is C9H9Cl2N3S. The molecule has 0 aromatic heterocycles. The van der Waals surface area contributed by atoms with Gasteiger partial charge in [0.1, 0.15) is 0 Å². The highest BCUT2D eigenvalue weighted by Crippen LogP contribution is 2.24. The summed E-state index contributed by atoms with van der Waals surface area (Å²) >= 11 is 13.1. The summed E-state index contributed by atoms with van der Waals surface area (Å²) in [4.78, 5) is 0. The molecule has 1 aromatic rings. The van der Waals surface area contributed by atoms with Gasteiger partial charge in [-0.1, -0.05) is 47.1 Å². The average molecular weight is 262 g/mol. The van der Waals surface area contributed by atoms with Crippen molar-refractivity contribution in [1.29, 1.82) is 0 Å². The second-order valence-corrected chi connectivity index (χ2v) is 4.14. The second-order valence-electron chi connectivity index (χ2n) is 2.53. The number of hydrogen-bond acceptors (Lipinski definition) is 3. The summed E-state index contributed by atoms with van der Waals surface area (Å²) in [5.41, 5.74) is 6.16. The molecule has 0 saturated heterocycles. The van der Waals surface area contributed by atoms with Crippen molar-refractivity contribution in [3.8, 4) is 0 Å². The highest BCUT2D eigenvalue weighted by Gasteiger charge is 2.00. The van der Waals surface area contributed by atoms with Gasteiger partial charge in [-0.15, -0.1) is 5.10 Å². The van der Waals surface area contributed by atoms with Gasteiger partial charge in [-0.05, 0) is 12.3 Å². The number of thioether (sulfide) groups is 1. The molecule has 0 radical (unpaired) electrons. The standard InChI is InChI=1S/C9H9Cl2N3S/c1-15-9(12)14-13-5-6-3-2-4-7(10)8(6)11/h2-5H,1H3,(H2,12,14)/b13-5-. The molecule has 0 amide bonds. The quantitative estimate of drug-likeness (QED) is 0.506. The number of nitrogens with zero attached hydrogens (tertiary/aromatic N) is 2. The van der Waals surface area contributed by atoms with Crippen molar-refractivity contribution in [1.82, 2.24) is 0 Å². The Morgan fingerprint density at radius 1 is 1.47 bits per heavy atom. The molecule has 0 heterocycles. The molecular weight excluding hydrogens is 253 g/mol. The van der Waals surface area contributed by atoms with Gasteiger partial charge >= 0.3 is 0 Å². The van der Waals surface area contributed by atoms with Crippen molar-refractivity contribution < 1.29 is 0 Å². The first kappa shape index (κ1) is 12.4. The van der Waals surface area contributed by atoms with Crippen molar-refractivity contribution in [2.45, 2.75) is 0 Å². The summed E-state index contributed by atoms with van der Waals surface area (Å²) in [7, 11) is 0. The van der Waals surface area contributed by atoms with E-state index in [1.54, 1.807) is 18.2 Å². The van der Waals surface area contributed by atoms with Gasteiger partial charge in [-0.3, -0.25) is 0 Å². The van der Waals surface area contributed by atoms with Crippen molar-refractivity contribution in [2.75, 3.05) is 6.26 Å². The molecule has 80 valence electrons. The van der Waals surface area contributed by atoms with Crippen molar-refractivity contribution >= 4 is 46.3 Å². The predicted octanol–water partition coefficient (Wildman–Crippen LogP) is 3.01. The van der Waals surface area contributed by atoms with E-state index in [9.17, 15) is 0 Å². The Balaban J connectivity index is 2.86. The molecule has 0 aliphatic heterocycles. The molecule has 0 aliphatic carbocycles. The first-order valence-electron chi connectivity index (χ1n) is 3.99. The fourth-order valence-corrected chi connectivity index (χ4v) is 1.29. The van der Waals surface area contributed by atoms with Gasteiger partial charge in [-0.25, -0.2) is 0 Å². The van der Waals surface area contributed by atoms with Crippen LogP contribution in [-0.4, -0.2) is 17.6 Å². The monoisotopic (exact) mass is 261 g/mol. The maximum atomic E-state index is 5.93.